The van der Waals surface area contributed by atoms with E-state index < -0.39 is 0 Å². The maximum Gasteiger partial charge on any atom is 0.160 e. The fourth-order valence-corrected chi connectivity index (χ4v) is 12.4. The molecule has 0 bridgehead atoms. The van der Waals surface area contributed by atoms with Gasteiger partial charge in [-0.1, -0.05) is 218 Å². The van der Waals surface area contributed by atoms with Gasteiger partial charge in [-0.3, -0.25) is 0 Å². The van der Waals surface area contributed by atoms with Gasteiger partial charge in [0.25, 0.3) is 0 Å². The average Bonchev–Trinajstić information content (AvgIpc) is 3.58. The molecular formula is C68H44N6S2. The van der Waals surface area contributed by atoms with Crippen LogP contribution in [0.2, 0.25) is 0 Å². The van der Waals surface area contributed by atoms with Gasteiger partial charge < -0.3 is 9.80 Å². The summed E-state index contributed by atoms with van der Waals surface area (Å²) in [5.41, 5.74) is 17.7. The summed E-state index contributed by atoms with van der Waals surface area (Å²) in [6.07, 6.45) is 0. The van der Waals surface area contributed by atoms with Crippen LogP contribution in [0.1, 0.15) is 0 Å². The van der Waals surface area contributed by atoms with Crippen molar-refractivity contribution in [3.63, 3.8) is 0 Å². The van der Waals surface area contributed by atoms with E-state index in [1.54, 1.807) is 23.5 Å². The lowest BCUT2D eigenvalue weighted by atomic mass is 9.95. The Kier molecular flexibility index (Phi) is 11.6. The molecule has 0 amide bonds. The Labute approximate surface area is 450 Å². The van der Waals surface area contributed by atoms with Crippen LogP contribution in [0.25, 0.3) is 78.9 Å². The van der Waals surface area contributed by atoms with Crippen molar-refractivity contribution in [3.05, 3.63) is 267 Å². The quantitative estimate of drug-likeness (QED) is 0.142. The van der Waals surface area contributed by atoms with E-state index in [0.717, 1.165) is 101 Å². The molecule has 76 heavy (non-hydrogen) atoms. The van der Waals surface area contributed by atoms with E-state index >= 15 is 0 Å². The highest BCUT2D eigenvalue weighted by Gasteiger charge is 2.31. The van der Waals surface area contributed by atoms with E-state index in [0.29, 0.717) is 11.6 Å². The molecule has 8 heteroatoms. The van der Waals surface area contributed by atoms with E-state index in [4.69, 9.17) is 19.9 Å². The van der Waals surface area contributed by atoms with Gasteiger partial charge in [0.1, 0.15) is 0 Å². The van der Waals surface area contributed by atoms with Crippen molar-refractivity contribution in [1.82, 2.24) is 19.9 Å². The van der Waals surface area contributed by atoms with Crippen LogP contribution in [0.3, 0.4) is 0 Å². The van der Waals surface area contributed by atoms with E-state index in [9.17, 15) is 0 Å². The largest absolute Gasteiger partial charge is 0.308 e. The van der Waals surface area contributed by atoms with E-state index in [-0.39, 0.29) is 0 Å². The molecule has 6 nitrogen and oxygen atoms in total. The molecule has 4 heterocycles. The van der Waals surface area contributed by atoms with Gasteiger partial charge in [0.2, 0.25) is 0 Å². The summed E-state index contributed by atoms with van der Waals surface area (Å²) in [4.78, 5) is 31.0. The molecule has 0 N–H and O–H groups in total. The van der Waals surface area contributed by atoms with Gasteiger partial charge in [-0.2, -0.15) is 0 Å². The van der Waals surface area contributed by atoms with Crippen LogP contribution in [-0.2, 0) is 0 Å². The van der Waals surface area contributed by atoms with Crippen LogP contribution in [0.5, 0.6) is 0 Å². The van der Waals surface area contributed by atoms with Gasteiger partial charge in [-0.25, -0.2) is 19.9 Å². The van der Waals surface area contributed by atoms with Crippen molar-refractivity contribution in [1.29, 1.82) is 0 Å². The molecule has 358 valence electrons. The minimum atomic E-state index is 0.636. The highest BCUT2D eigenvalue weighted by atomic mass is 32.2. The Balaban J connectivity index is 1.05. The fourth-order valence-electron chi connectivity index (χ4n) is 10.3. The summed E-state index contributed by atoms with van der Waals surface area (Å²) in [5.74, 6) is 1.27. The first-order valence-corrected chi connectivity index (χ1v) is 26.9. The number of benzene rings is 10. The van der Waals surface area contributed by atoms with E-state index in [1.165, 1.54) is 19.6 Å². The summed E-state index contributed by atoms with van der Waals surface area (Å²) >= 11 is 3.60. The van der Waals surface area contributed by atoms with Crippen LogP contribution in [0, 0.1) is 0 Å². The SMILES string of the molecule is c1ccc(-c2cc(-c3ccccc3)nc(-c3ccc(-c4ccc(-c5nc(-c6ccccc6)cc(-c6ccccc6)n5)cc4N4c5ccccc5Sc5ccccc54)c(N4c5ccccc5Sc5ccccc54)c3)n2)cc1. The Hall–Kier alpha value is -9.34. The predicted molar refractivity (Wildman–Crippen MR) is 313 cm³/mol. The molecule has 0 saturated heterocycles. The molecule has 2 aromatic heterocycles. The summed E-state index contributed by atoms with van der Waals surface area (Å²) in [7, 11) is 0. The monoisotopic (exact) mass is 1010 g/mol. The molecule has 0 unspecified atom stereocenters. The minimum Gasteiger partial charge on any atom is -0.308 e. The highest BCUT2D eigenvalue weighted by molar-refractivity contribution is 8.00. The van der Waals surface area contributed by atoms with Crippen LogP contribution in [-0.4, -0.2) is 19.9 Å². The van der Waals surface area contributed by atoms with Gasteiger partial charge in [-0.15, -0.1) is 0 Å². The number of hydrogen-bond donors (Lipinski definition) is 0. The van der Waals surface area contributed by atoms with Crippen LogP contribution in [0.4, 0.5) is 34.1 Å². The third-order valence-corrected chi connectivity index (χ3v) is 16.1. The zero-order valence-electron chi connectivity index (χ0n) is 40.9. The lowest BCUT2D eigenvalue weighted by molar-refractivity contribution is 1.15. The summed E-state index contributed by atoms with van der Waals surface area (Å²) in [5, 5.41) is 0. The maximum atomic E-state index is 5.36. The molecule has 0 aliphatic carbocycles. The smallest absolute Gasteiger partial charge is 0.160 e. The maximum absolute atomic E-state index is 5.36. The number of fused-ring (bicyclic) bond motifs is 4. The number of rotatable bonds is 9. The number of nitrogens with zero attached hydrogens (tertiary/aromatic N) is 6. The second-order valence-corrected chi connectivity index (χ2v) is 20.8. The summed E-state index contributed by atoms with van der Waals surface area (Å²) in [6.45, 7) is 0. The fraction of sp³-hybridized carbons (Fsp3) is 0. The third-order valence-electron chi connectivity index (χ3n) is 13.9. The number of aromatic nitrogens is 4. The standard InChI is InChI=1S/C68H44N6S2/c1-5-21-45(22-6-1)53-43-54(46-23-7-2-8-24-46)70-67(69-53)49-37-39-51(61(41-49)73-57-29-13-17-33-63(57)75-64-34-18-14-30-58(64)73)52-40-38-50(42-62(52)74-59-31-15-19-35-65(59)76-66-36-20-16-32-60(66)74)68-71-55(47-25-9-3-10-26-47)44-56(72-68)48-27-11-4-12-28-48/h1-44H. The Bertz CT molecular complexity index is 3660. The molecule has 2 aliphatic heterocycles. The molecule has 0 saturated carbocycles. The van der Waals surface area contributed by atoms with Crippen molar-refractivity contribution in [2.75, 3.05) is 9.80 Å². The van der Waals surface area contributed by atoms with Gasteiger partial charge in [0.15, 0.2) is 11.6 Å². The van der Waals surface area contributed by atoms with Gasteiger partial charge in [-0.05, 0) is 72.8 Å². The first kappa shape index (κ1) is 45.3. The molecule has 14 rings (SSSR count). The molecule has 0 atom stereocenters. The number of hydrogen-bond acceptors (Lipinski definition) is 8. The normalized spacial score (nSPS) is 12.3. The third kappa shape index (κ3) is 8.40. The van der Waals surface area contributed by atoms with Crippen molar-refractivity contribution in [3.8, 4) is 78.9 Å². The Morgan fingerprint density at radius 1 is 0.224 bits per heavy atom. The summed E-state index contributed by atoms with van der Waals surface area (Å²) in [6, 6.07) is 94.1. The first-order chi connectivity index (χ1) is 37.7. The van der Waals surface area contributed by atoms with Gasteiger partial charge in [0.05, 0.1) is 56.9 Å². The minimum absolute atomic E-state index is 0.636. The van der Waals surface area contributed by atoms with Crippen LogP contribution in [0.15, 0.2) is 287 Å². The zero-order valence-corrected chi connectivity index (χ0v) is 42.5. The average molecular weight is 1010 g/mol. The molecule has 12 aromatic rings. The molecule has 10 aromatic carbocycles. The molecule has 0 spiro atoms. The highest BCUT2D eigenvalue weighted by Crippen LogP contribution is 2.57. The van der Waals surface area contributed by atoms with Crippen LogP contribution < -0.4 is 9.80 Å². The molecule has 0 radical (unpaired) electrons. The van der Waals surface area contributed by atoms with E-state index in [2.05, 4.69) is 252 Å². The van der Waals surface area contributed by atoms with Crippen molar-refractivity contribution < 1.29 is 0 Å². The van der Waals surface area contributed by atoms with Crippen molar-refractivity contribution in [2.24, 2.45) is 0 Å². The first-order valence-electron chi connectivity index (χ1n) is 25.3. The molecular weight excluding hydrogens is 965 g/mol. The lowest BCUT2D eigenvalue weighted by Crippen LogP contribution is -2.18. The predicted octanol–water partition coefficient (Wildman–Crippen LogP) is 18.8. The van der Waals surface area contributed by atoms with E-state index in [1.807, 2.05) is 24.3 Å². The zero-order chi connectivity index (χ0) is 50.4. The topological polar surface area (TPSA) is 58.0 Å². The van der Waals surface area contributed by atoms with Crippen molar-refractivity contribution in [2.45, 2.75) is 19.6 Å². The molecule has 2 aliphatic rings. The molecule has 0 fully saturated rings. The number of anilines is 6. The van der Waals surface area contributed by atoms with Crippen molar-refractivity contribution >= 4 is 57.6 Å². The number of para-hydroxylation sites is 4. The van der Waals surface area contributed by atoms with Crippen LogP contribution >= 0.6 is 23.5 Å². The second-order valence-electron chi connectivity index (χ2n) is 18.6. The Morgan fingerprint density at radius 3 is 0.776 bits per heavy atom. The lowest BCUT2D eigenvalue weighted by Gasteiger charge is -2.36. The van der Waals surface area contributed by atoms with Gasteiger partial charge >= 0.3 is 0 Å². The van der Waals surface area contributed by atoms with Gasteiger partial charge in [0, 0.05) is 64.1 Å². The Morgan fingerprint density at radius 2 is 0.487 bits per heavy atom. The summed E-state index contributed by atoms with van der Waals surface area (Å²) < 4.78 is 0. The second kappa shape index (κ2) is 19.5.